The molecule has 0 bridgehead atoms. The van der Waals surface area contributed by atoms with E-state index in [1.165, 1.54) is 24.3 Å². The predicted molar refractivity (Wildman–Crippen MR) is 115 cm³/mol. The molecule has 0 saturated heterocycles. The molecule has 0 amide bonds. The van der Waals surface area contributed by atoms with Gasteiger partial charge in [-0.25, -0.2) is 8.42 Å². The van der Waals surface area contributed by atoms with Crippen molar-refractivity contribution in [2.24, 2.45) is 10.2 Å². The van der Waals surface area contributed by atoms with Gasteiger partial charge in [0.15, 0.2) is 5.69 Å². The van der Waals surface area contributed by atoms with Gasteiger partial charge in [0.1, 0.15) is 15.8 Å². The average molecular weight is 510 g/mol. The quantitative estimate of drug-likeness (QED) is 0.151. The number of azo groups is 1. The first-order valence-corrected chi connectivity index (χ1v) is 10.3. The third-order valence-electron chi connectivity index (χ3n) is 4.24. The first-order chi connectivity index (χ1) is 16.0. The van der Waals surface area contributed by atoms with Crippen LogP contribution in [0.1, 0.15) is 0 Å². The van der Waals surface area contributed by atoms with Gasteiger partial charge in [0.2, 0.25) is 0 Å². The van der Waals surface area contributed by atoms with Crippen molar-refractivity contribution < 1.29 is 57.3 Å². The number of non-ortho nitro benzene ring substituents is 1. The molecular weight excluding hydrogens is 499 g/mol. The largest absolute Gasteiger partial charge is 1.00 e. The molecule has 3 aromatic carbocycles. The summed E-state index contributed by atoms with van der Waals surface area (Å²) in [5, 5.41) is 43.7. The van der Waals surface area contributed by atoms with Crippen molar-refractivity contribution in [2.45, 2.75) is 4.90 Å². The van der Waals surface area contributed by atoms with Gasteiger partial charge < -0.3 is 9.87 Å². The Labute approximate surface area is 218 Å². The van der Waals surface area contributed by atoms with E-state index < -0.39 is 46.8 Å². The van der Waals surface area contributed by atoms with Gasteiger partial charge in [0.05, 0.1) is 31.4 Å². The van der Waals surface area contributed by atoms with E-state index in [9.17, 15) is 43.3 Å². The van der Waals surface area contributed by atoms with Gasteiger partial charge in [-0.2, -0.15) is 5.11 Å². The monoisotopic (exact) mass is 510 g/mol. The van der Waals surface area contributed by atoms with E-state index in [4.69, 9.17) is 0 Å². The molecule has 17 heteroatoms. The molecule has 174 valence electrons. The topological polar surface area (TPSA) is 223 Å². The molecule has 0 saturated carbocycles. The number of nitro benzene ring substituents is 3. The molecule has 1 N–H and O–H groups in total. The van der Waals surface area contributed by atoms with Crippen LogP contribution in [0.15, 0.2) is 75.8 Å². The molecule has 15 nitrogen and oxygen atoms in total. The smallest absolute Gasteiger partial charge is 0.744 e. The van der Waals surface area contributed by atoms with Gasteiger partial charge in [-0.15, -0.1) is 5.11 Å². The molecule has 3 rings (SSSR count). The summed E-state index contributed by atoms with van der Waals surface area (Å²) < 4.78 is 32.9. The van der Waals surface area contributed by atoms with Crippen LogP contribution < -0.4 is 34.9 Å². The number of nitro groups is 3. The second-order valence-corrected chi connectivity index (χ2v) is 7.83. The number of hydrogen-bond donors (Lipinski definition) is 1. The van der Waals surface area contributed by atoms with E-state index >= 15 is 0 Å². The summed E-state index contributed by atoms with van der Waals surface area (Å²) in [4.78, 5) is 30.7. The summed E-state index contributed by atoms with van der Waals surface area (Å²) >= 11 is 0. The maximum absolute atomic E-state index is 11.5. The van der Waals surface area contributed by atoms with E-state index in [1.54, 1.807) is 0 Å². The van der Waals surface area contributed by atoms with Gasteiger partial charge >= 0.3 is 29.6 Å². The van der Waals surface area contributed by atoms with Crippen molar-refractivity contribution in [1.29, 1.82) is 0 Å². The Morgan fingerprint density at radius 3 is 1.91 bits per heavy atom. The van der Waals surface area contributed by atoms with Gasteiger partial charge in [-0.1, -0.05) is 0 Å². The molecule has 0 fully saturated rings. The predicted octanol–water partition coefficient (Wildman–Crippen LogP) is 1.48. The number of benzene rings is 3. The van der Waals surface area contributed by atoms with Crippen molar-refractivity contribution in [3.05, 3.63) is 91.0 Å². The fraction of sp³-hybridized carbons (Fsp3) is 0. The standard InChI is InChI=1S/C18H12N6O9S.Na/c25-22(26)13-4-8-15(18(10-13)24(29)30)19-12-3-7-16(17(9-12)23(27)28)21-20-11-1-5-14(6-2-11)34(31,32)33;/h1-10,19H,(H,31,32,33);/q;+1/p-1. The number of rotatable bonds is 8. The summed E-state index contributed by atoms with van der Waals surface area (Å²) in [6.07, 6.45) is 0. The normalized spacial score (nSPS) is 11.0. The average Bonchev–Trinajstić information content (AvgIpc) is 2.77. The first-order valence-electron chi connectivity index (χ1n) is 8.92. The summed E-state index contributed by atoms with van der Waals surface area (Å²) in [6.45, 7) is 0. The van der Waals surface area contributed by atoms with Crippen LogP contribution in [0.2, 0.25) is 0 Å². The fourth-order valence-corrected chi connectivity index (χ4v) is 3.14. The van der Waals surface area contributed by atoms with E-state index in [2.05, 4.69) is 15.5 Å². The zero-order chi connectivity index (χ0) is 25.0. The van der Waals surface area contributed by atoms with Gasteiger partial charge in [0.25, 0.3) is 17.1 Å². The Bertz CT molecular complexity index is 1450. The maximum atomic E-state index is 11.5. The Morgan fingerprint density at radius 1 is 0.743 bits per heavy atom. The Kier molecular flexibility index (Phi) is 8.67. The minimum atomic E-state index is -4.64. The fourth-order valence-electron chi connectivity index (χ4n) is 2.67. The van der Waals surface area contributed by atoms with Crippen LogP contribution in [0.4, 0.5) is 39.8 Å². The van der Waals surface area contributed by atoms with Gasteiger partial charge in [0, 0.05) is 17.8 Å². The first kappa shape index (κ1) is 27.4. The molecule has 0 spiro atoms. The molecular formula is C18H11N6NaO9S. The Morgan fingerprint density at radius 2 is 1.37 bits per heavy atom. The Hall–Kier alpha value is -3.83. The summed E-state index contributed by atoms with van der Waals surface area (Å²) in [6, 6.07) is 10.8. The van der Waals surface area contributed by atoms with Crippen LogP contribution in [-0.2, 0) is 10.1 Å². The minimum Gasteiger partial charge on any atom is -0.744 e. The Balaban J connectivity index is 0.00000432. The molecule has 0 aromatic heterocycles. The molecule has 3 aromatic rings. The summed E-state index contributed by atoms with van der Waals surface area (Å²) in [5.74, 6) is 0. The van der Waals surface area contributed by atoms with E-state index in [0.717, 1.165) is 36.4 Å². The van der Waals surface area contributed by atoms with Crippen LogP contribution in [0.3, 0.4) is 0 Å². The SMILES string of the molecule is O=[N+]([O-])c1ccc(Nc2ccc(N=Nc3ccc(S(=O)(=O)[O-])cc3)c([N+](=O)[O-])c2)c([N+](=O)[O-])c1.[Na+]. The molecule has 0 aliphatic rings. The third-order valence-corrected chi connectivity index (χ3v) is 5.09. The number of nitrogens with zero attached hydrogens (tertiary/aromatic N) is 5. The zero-order valence-electron chi connectivity index (χ0n) is 17.6. The second-order valence-electron chi connectivity index (χ2n) is 6.45. The molecule has 35 heavy (non-hydrogen) atoms. The number of anilines is 2. The number of nitrogens with one attached hydrogen (secondary N) is 1. The molecule has 0 heterocycles. The van der Waals surface area contributed by atoms with Crippen molar-refractivity contribution in [2.75, 3.05) is 5.32 Å². The van der Waals surface area contributed by atoms with Gasteiger partial charge in [-0.3, -0.25) is 30.3 Å². The van der Waals surface area contributed by atoms with Crippen LogP contribution in [0, 0.1) is 30.3 Å². The maximum Gasteiger partial charge on any atom is 1.00 e. The van der Waals surface area contributed by atoms with Crippen LogP contribution in [0.25, 0.3) is 0 Å². The van der Waals surface area contributed by atoms with Crippen LogP contribution in [-0.4, -0.2) is 27.7 Å². The summed E-state index contributed by atoms with van der Waals surface area (Å²) in [5.41, 5.74) is -1.76. The van der Waals surface area contributed by atoms with E-state index in [-0.39, 0.29) is 52.3 Å². The zero-order valence-corrected chi connectivity index (χ0v) is 20.4. The van der Waals surface area contributed by atoms with Crippen LogP contribution in [0.5, 0.6) is 0 Å². The second kappa shape index (κ2) is 11.1. The van der Waals surface area contributed by atoms with Gasteiger partial charge in [-0.05, 0) is 42.5 Å². The van der Waals surface area contributed by atoms with E-state index in [1.807, 2.05) is 0 Å². The summed E-state index contributed by atoms with van der Waals surface area (Å²) in [7, 11) is -4.64. The molecule has 0 atom stereocenters. The molecule has 0 radical (unpaired) electrons. The van der Waals surface area contributed by atoms with Crippen molar-refractivity contribution >= 4 is 49.9 Å². The molecule has 0 aliphatic heterocycles. The van der Waals surface area contributed by atoms with E-state index in [0.29, 0.717) is 0 Å². The van der Waals surface area contributed by atoms with Crippen molar-refractivity contribution in [3.63, 3.8) is 0 Å². The van der Waals surface area contributed by atoms with Crippen molar-refractivity contribution in [3.8, 4) is 0 Å². The number of hydrogen-bond acceptors (Lipinski definition) is 12. The minimum absolute atomic E-state index is 0. The van der Waals surface area contributed by atoms with Crippen LogP contribution >= 0.6 is 0 Å². The molecule has 0 aliphatic carbocycles. The molecule has 0 unspecified atom stereocenters. The third kappa shape index (κ3) is 6.84. The van der Waals surface area contributed by atoms with Crippen molar-refractivity contribution in [1.82, 2.24) is 0 Å².